The molecule has 0 bridgehead atoms. The molecule has 2 atom stereocenters. The Morgan fingerprint density at radius 2 is 1.20 bits per heavy atom. The molecule has 2 aliphatic heterocycles. The molecule has 6 nitrogen and oxygen atoms in total. The van der Waals surface area contributed by atoms with Crippen LogP contribution >= 0.6 is 12.4 Å². The number of carbonyl (C=O) groups excluding carboxylic acids is 2. The topological polar surface area (TPSA) is 76.7 Å². The van der Waals surface area contributed by atoms with Crippen LogP contribution in [0.25, 0.3) is 0 Å². The highest BCUT2D eigenvalue weighted by atomic mass is 35.5. The largest absolute Gasteiger partial charge is 0.466 e. The van der Waals surface area contributed by atoms with Crippen LogP contribution < -0.4 is 10.6 Å². The summed E-state index contributed by atoms with van der Waals surface area (Å²) >= 11 is 0. The Balaban J connectivity index is 0.000000443. The highest BCUT2D eigenvalue weighted by molar-refractivity contribution is 5.85. The zero-order valence-electron chi connectivity index (χ0n) is 16.1. The van der Waals surface area contributed by atoms with Crippen LogP contribution in [0.5, 0.6) is 0 Å². The molecule has 0 aliphatic carbocycles. The molecule has 0 amide bonds. The molecule has 0 spiro atoms. The normalized spacial score (nSPS) is 28.6. The van der Waals surface area contributed by atoms with Gasteiger partial charge in [0.1, 0.15) is 0 Å². The molecule has 0 saturated carbocycles. The lowest BCUT2D eigenvalue weighted by atomic mass is 9.83. The Kier molecular flexibility index (Phi) is 11.3. The quantitative estimate of drug-likeness (QED) is 0.731. The minimum atomic E-state index is -0.283. The van der Waals surface area contributed by atoms with Gasteiger partial charge in [-0.05, 0) is 66.5 Å². The third kappa shape index (κ3) is 7.50. The van der Waals surface area contributed by atoms with Gasteiger partial charge >= 0.3 is 11.9 Å². The van der Waals surface area contributed by atoms with E-state index in [9.17, 15) is 9.59 Å². The molecule has 7 heteroatoms. The summed E-state index contributed by atoms with van der Waals surface area (Å²) in [5, 5.41) is 6.43. The summed E-state index contributed by atoms with van der Waals surface area (Å²) in [6.45, 7) is 12.1. The molecule has 148 valence electrons. The molecule has 2 heterocycles. The number of rotatable bonds is 4. The van der Waals surface area contributed by atoms with E-state index in [-0.39, 0.29) is 35.2 Å². The Morgan fingerprint density at radius 1 is 0.840 bits per heavy atom. The number of hydrogen-bond acceptors (Lipinski definition) is 6. The fourth-order valence-electron chi connectivity index (χ4n) is 3.07. The van der Waals surface area contributed by atoms with Gasteiger partial charge in [0.05, 0.1) is 24.0 Å². The lowest BCUT2D eigenvalue weighted by Gasteiger charge is -2.31. The van der Waals surface area contributed by atoms with Crippen LogP contribution in [0.15, 0.2) is 0 Å². The van der Waals surface area contributed by atoms with Gasteiger partial charge in [-0.25, -0.2) is 0 Å². The molecule has 0 aromatic heterocycles. The predicted octanol–water partition coefficient (Wildman–Crippen LogP) is 2.30. The van der Waals surface area contributed by atoms with Crippen LogP contribution in [0.1, 0.15) is 53.4 Å². The van der Waals surface area contributed by atoms with Crippen LogP contribution in [0.3, 0.4) is 0 Å². The van der Waals surface area contributed by atoms with E-state index in [1.165, 1.54) is 0 Å². The number of hydrogen-bond donors (Lipinski definition) is 2. The Hall–Kier alpha value is -0.850. The summed E-state index contributed by atoms with van der Waals surface area (Å²) in [7, 11) is 0. The second kappa shape index (κ2) is 11.7. The minimum Gasteiger partial charge on any atom is -0.466 e. The second-order valence-electron chi connectivity index (χ2n) is 7.12. The third-order valence-electron chi connectivity index (χ3n) is 4.73. The maximum Gasteiger partial charge on any atom is 0.313 e. The van der Waals surface area contributed by atoms with Crippen molar-refractivity contribution in [1.82, 2.24) is 10.6 Å². The second-order valence-corrected chi connectivity index (χ2v) is 7.12. The number of ether oxygens (including phenoxy) is 2. The first-order chi connectivity index (χ1) is 11.4. The molecular weight excluding hydrogens is 344 g/mol. The van der Waals surface area contributed by atoms with Gasteiger partial charge in [0.15, 0.2) is 0 Å². The highest BCUT2D eigenvalue weighted by Gasteiger charge is 2.36. The smallest absolute Gasteiger partial charge is 0.313 e. The van der Waals surface area contributed by atoms with Gasteiger partial charge in [0, 0.05) is 13.1 Å². The van der Waals surface area contributed by atoms with E-state index in [1.807, 2.05) is 27.7 Å². The van der Waals surface area contributed by atoms with Gasteiger partial charge < -0.3 is 20.1 Å². The molecule has 25 heavy (non-hydrogen) atoms. The molecule has 2 saturated heterocycles. The van der Waals surface area contributed by atoms with Gasteiger partial charge in [-0.2, -0.15) is 0 Å². The van der Waals surface area contributed by atoms with Gasteiger partial charge in [0.2, 0.25) is 0 Å². The van der Waals surface area contributed by atoms with Crippen molar-refractivity contribution in [2.75, 3.05) is 39.4 Å². The fraction of sp³-hybridized carbons (Fsp3) is 0.889. The molecule has 2 fully saturated rings. The first-order valence-electron chi connectivity index (χ1n) is 9.14. The van der Waals surface area contributed by atoms with Gasteiger partial charge in [-0.3, -0.25) is 9.59 Å². The molecule has 1 unspecified atom stereocenters. The van der Waals surface area contributed by atoms with Crippen molar-refractivity contribution in [2.45, 2.75) is 53.4 Å². The number of carbonyl (C=O) groups is 2. The summed E-state index contributed by atoms with van der Waals surface area (Å²) in [4.78, 5) is 22.9. The first-order valence-corrected chi connectivity index (χ1v) is 9.14. The standard InChI is InChI=1S/2C9H17NO2.ClH/c2*1-3-12-8(11)9(2)5-4-6-10-7-9;/h2*10H,3-7H2,1-2H3;1H/t9-;;/m1../s1. The average molecular weight is 379 g/mol. The van der Waals surface area contributed by atoms with Crippen molar-refractivity contribution in [3.05, 3.63) is 0 Å². The van der Waals surface area contributed by atoms with Crippen molar-refractivity contribution in [1.29, 1.82) is 0 Å². The van der Waals surface area contributed by atoms with E-state index in [4.69, 9.17) is 9.47 Å². The molecule has 0 aromatic rings. The number of esters is 2. The van der Waals surface area contributed by atoms with Crippen molar-refractivity contribution < 1.29 is 19.1 Å². The van der Waals surface area contributed by atoms with E-state index in [1.54, 1.807) is 0 Å². The van der Waals surface area contributed by atoms with Crippen LogP contribution in [0, 0.1) is 10.8 Å². The van der Waals surface area contributed by atoms with Crippen molar-refractivity contribution in [2.24, 2.45) is 10.8 Å². The van der Waals surface area contributed by atoms with Crippen molar-refractivity contribution in [3.8, 4) is 0 Å². The van der Waals surface area contributed by atoms with Crippen LogP contribution in [-0.2, 0) is 19.1 Å². The number of halogens is 1. The summed E-state index contributed by atoms with van der Waals surface area (Å²) in [6.07, 6.45) is 4.02. The van der Waals surface area contributed by atoms with Gasteiger partial charge in [-0.1, -0.05) is 0 Å². The SMILES string of the molecule is CCOC(=O)C1(C)CCCNC1.CCOC(=O)[C@]1(C)CCCNC1.Cl. The first kappa shape index (κ1) is 24.1. The van der Waals surface area contributed by atoms with Crippen LogP contribution in [0.4, 0.5) is 0 Å². The maximum atomic E-state index is 11.5. The molecule has 0 aromatic carbocycles. The summed E-state index contributed by atoms with van der Waals surface area (Å²) < 4.78 is 10.0. The van der Waals surface area contributed by atoms with E-state index < -0.39 is 0 Å². The Bertz CT molecular complexity index is 368. The average Bonchev–Trinajstić information content (AvgIpc) is 2.57. The van der Waals surface area contributed by atoms with Gasteiger partial charge in [-0.15, -0.1) is 12.4 Å². The van der Waals surface area contributed by atoms with E-state index in [0.717, 1.165) is 51.9 Å². The summed E-state index contributed by atoms with van der Waals surface area (Å²) in [5.41, 5.74) is -0.567. The lowest BCUT2D eigenvalue weighted by Crippen LogP contribution is -2.44. The van der Waals surface area contributed by atoms with Crippen molar-refractivity contribution in [3.63, 3.8) is 0 Å². The van der Waals surface area contributed by atoms with E-state index in [2.05, 4.69) is 10.6 Å². The predicted molar refractivity (Wildman–Crippen MR) is 101 cm³/mol. The van der Waals surface area contributed by atoms with Crippen molar-refractivity contribution >= 4 is 24.3 Å². The number of piperidine rings is 2. The highest BCUT2D eigenvalue weighted by Crippen LogP contribution is 2.27. The van der Waals surface area contributed by atoms with E-state index >= 15 is 0 Å². The Labute approximate surface area is 158 Å². The van der Waals surface area contributed by atoms with Crippen LogP contribution in [-0.4, -0.2) is 51.3 Å². The molecule has 0 radical (unpaired) electrons. The zero-order chi connectivity index (χ0) is 18.1. The molecular formula is C18H35ClN2O4. The molecule has 2 rings (SSSR count). The fourth-order valence-corrected chi connectivity index (χ4v) is 3.07. The summed E-state index contributed by atoms with van der Waals surface area (Å²) in [5.74, 6) is -0.116. The maximum absolute atomic E-state index is 11.5. The van der Waals surface area contributed by atoms with Gasteiger partial charge in [0.25, 0.3) is 0 Å². The van der Waals surface area contributed by atoms with E-state index in [0.29, 0.717) is 13.2 Å². The third-order valence-corrected chi connectivity index (χ3v) is 4.73. The molecule has 2 aliphatic rings. The monoisotopic (exact) mass is 378 g/mol. The number of nitrogens with one attached hydrogen (secondary N) is 2. The summed E-state index contributed by atoms with van der Waals surface area (Å²) in [6, 6.07) is 0. The molecule has 2 N–H and O–H groups in total. The zero-order valence-corrected chi connectivity index (χ0v) is 16.9. The minimum absolute atomic E-state index is 0. The lowest BCUT2D eigenvalue weighted by molar-refractivity contribution is -0.156. The van der Waals surface area contributed by atoms with Crippen LogP contribution in [0.2, 0.25) is 0 Å². The Morgan fingerprint density at radius 3 is 1.44 bits per heavy atom.